The molecule has 0 aromatic heterocycles. The van der Waals surface area contributed by atoms with E-state index >= 15 is 0 Å². The molecule has 0 atom stereocenters. The molecule has 0 aliphatic heterocycles. The van der Waals surface area contributed by atoms with Crippen molar-refractivity contribution in [2.45, 2.75) is 20.8 Å². The van der Waals surface area contributed by atoms with Crippen molar-refractivity contribution < 1.29 is 4.39 Å². The molecular weight excluding hydrogens is 139 g/mol. The molecule has 0 spiro atoms. The normalized spacial score (nSPS) is 14.5. The number of rotatable bonds is 3. The summed E-state index contributed by atoms with van der Waals surface area (Å²) in [5.41, 5.74) is 1.88. The molecule has 0 unspecified atom stereocenters. The van der Waals surface area contributed by atoms with Crippen LogP contribution in [0.15, 0.2) is 35.5 Å². The summed E-state index contributed by atoms with van der Waals surface area (Å²) in [5, 5.41) is 0. The Morgan fingerprint density at radius 2 is 1.82 bits per heavy atom. The van der Waals surface area contributed by atoms with E-state index in [-0.39, 0.29) is 6.67 Å². The van der Waals surface area contributed by atoms with Crippen LogP contribution < -0.4 is 0 Å². The summed E-state index contributed by atoms with van der Waals surface area (Å²) in [4.78, 5) is 0. The molecule has 0 amide bonds. The van der Waals surface area contributed by atoms with E-state index < -0.39 is 0 Å². The standard InChI is InChI=1S/C10H15F/c1-4-9(3)6-7-10(5-2)8-11/h4-7H,8H2,1-3H3/b7-6-,9-4-,10-5?. The molecule has 0 radical (unpaired) electrons. The maximum Gasteiger partial charge on any atom is 0.114 e. The summed E-state index contributed by atoms with van der Waals surface area (Å²) in [6.45, 7) is 5.40. The van der Waals surface area contributed by atoms with Crippen LogP contribution in [0.3, 0.4) is 0 Å². The molecule has 0 fully saturated rings. The fraction of sp³-hybridized carbons (Fsp3) is 0.400. The van der Waals surface area contributed by atoms with Crippen molar-refractivity contribution in [2.75, 3.05) is 6.67 Å². The maximum absolute atomic E-state index is 12.1. The van der Waals surface area contributed by atoms with Gasteiger partial charge in [-0.25, -0.2) is 4.39 Å². The van der Waals surface area contributed by atoms with E-state index in [2.05, 4.69) is 0 Å². The van der Waals surface area contributed by atoms with Crippen LogP contribution in [0, 0.1) is 0 Å². The van der Waals surface area contributed by atoms with E-state index in [1.165, 1.54) is 0 Å². The highest BCUT2D eigenvalue weighted by molar-refractivity contribution is 5.26. The first-order valence-electron chi connectivity index (χ1n) is 3.76. The highest BCUT2D eigenvalue weighted by Gasteiger charge is 1.86. The van der Waals surface area contributed by atoms with Crippen molar-refractivity contribution in [3.05, 3.63) is 35.5 Å². The van der Waals surface area contributed by atoms with E-state index in [0.717, 1.165) is 11.1 Å². The van der Waals surface area contributed by atoms with Crippen LogP contribution in [0.5, 0.6) is 0 Å². The van der Waals surface area contributed by atoms with E-state index in [1.807, 2.05) is 32.9 Å². The quantitative estimate of drug-likeness (QED) is 0.546. The molecule has 0 saturated carbocycles. The SMILES string of the molecule is CC=C(/C=C\C(C)=C/C)CF. The van der Waals surface area contributed by atoms with Crippen LogP contribution in [0.4, 0.5) is 4.39 Å². The Hall–Kier alpha value is -0.850. The minimum absolute atomic E-state index is 0.385. The third-order valence-corrected chi connectivity index (χ3v) is 1.54. The van der Waals surface area contributed by atoms with Crippen molar-refractivity contribution in [2.24, 2.45) is 0 Å². The molecule has 0 aromatic carbocycles. The van der Waals surface area contributed by atoms with Crippen molar-refractivity contribution in [1.82, 2.24) is 0 Å². The Morgan fingerprint density at radius 1 is 1.18 bits per heavy atom. The molecule has 62 valence electrons. The van der Waals surface area contributed by atoms with Gasteiger partial charge in [-0.3, -0.25) is 0 Å². The van der Waals surface area contributed by atoms with Crippen molar-refractivity contribution in [1.29, 1.82) is 0 Å². The fourth-order valence-corrected chi connectivity index (χ4v) is 0.553. The number of allylic oxidation sites excluding steroid dienone is 6. The van der Waals surface area contributed by atoms with Crippen LogP contribution in [-0.4, -0.2) is 6.67 Å². The molecule has 0 bridgehead atoms. The lowest BCUT2D eigenvalue weighted by atomic mass is 10.2. The second-order valence-corrected chi connectivity index (χ2v) is 2.36. The van der Waals surface area contributed by atoms with Crippen LogP contribution in [-0.2, 0) is 0 Å². The van der Waals surface area contributed by atoms with Gasteiger partial charge in [0.25, 0.3) is 0 Å². The summed E-state index contributed by atoms with van der Waals surface area (Å²) in [6, 6.07) is 0. The van der Waals surface area contributed by atoms with Gasteiger partial charge < -0.3 is 0 Å². The Balaban J connectivity index is 4.12. The summed E-state index contributed by atoms with van der Waals surface area (Å²) in [5.74, 6) is 0. The van der Waals surface area contributed by atoms with Crippen LogP contribution in [0.1, 0.15) is 20.8 Å². The van der Waals surface area contributed by atoms with E-state index in [4.69, 9.17) is 0 Å². The third-order valence-electron chi connectivity index (χ3n) is 1.54. The van der Waals surface area contributed by atoms with Gasteiger partial charge in [0, 0.05) is 0 Å². The Kier molecular flexibility index (Phi) is 5.44. The van der Waals surface area contributed by atoms with Crippen LogP contribution in [0.25, 0.3) is 0 Å². The maximum atomic E-state index is 12.1. The Bertz CT molecular complexity index is 185. The molecule has 0 aromatic rings. The summed E-state index contributed by atoms with van der Waals surface area (Å²) >= 11 is 0. The molecule has 0 rings (SSSR count). The molecule has 0 N–H and O–H groups in total. The van der Waals surface area contributed by atoms with E-state index in [9.17, 15) is 4.39 Å². The van der Waals surface area contributed by atoms with Crippen LogP contribution >= 0.6 is 0 Å². The van der Waals surface area contributed by atoms with Crippen LogP contribution in [0.2, 0.25) is 0 Å². The first kappa shape index (κ1) is 10.2. The Morgan fingerprint density at radius 3 is 2.18 bits per heavy atom. The second kappa shape index (κ2) is 5.90. The number of hydrogen-bond acceptors (Lipinski definition) is 0. The molecule has 11 heavy (non-hydrogen) atoms. The molecule has 0 aliphatic carbocycles. The van der Waals surface area contributed by atoms with Gasteiger partial charge in [-0.2, -0.15) is 0 Å². The smallest absolute Gasteiger partial charge is 0.114 e. The number of halogens is 1. The minimum Gasteiger partial charge on any atom is -0.246 e. The molecule has 0 heterocycles. The predicted molar refractivity (Wildman–Crippen MR) is 48.3 cm³/mol. The first-order chi connectivity index (χ1) is 5.24. The summed E-state index contributed by atoms with van der Waals surface area (Å²) in [6.07, 6.45) is 7.48. The average Bonchev–Trinajstić information content (AvgIpc) is 2.06. The van der Waals surface area contributed by atoms with Crippen molar-refractivity contribution in [3.8, 4) is 0 Å². The van der Waals surface area contributed by atoms with Crippen molar-refractivity contribution in [3.63, 3.8) is 0 Å². The molecule has 0 saturated heterocycles. The number of hydrogen-bond donors (Lipinski definition) is 0. The van der Waals surface area contributed by atoms with Crippen molar-refractivity contribution >= 4 is 0 Å². The topological polar surface area (TPSA) is 0 Å². The molecule has 1 heteroatoms. The second-order valence-electron chi connectivity index (χ2n) is 2.36. The van der Waals surface area contributed by atoms with E-state index in [1.54, 1.807) is 12.2 Å². The first-order valence-corrected chi connectivity index (χ1v) is 3.76. The van der Waals surface area contributed by atoms with Gasteiger partial charge >= 0.3 is 0 Å². The van der Waals surface area contributed by atoms with Gasteiger partial charge in [0.05, 0.1) is 0 Å². The largest absolute Gasteiger partial charge is 0.246 e. The van der Waals surface area contributed by atoms with Gasteiger partial charge in [-0.1, -0.05) is 29.9 Å². The monoisotopic (exact) mass is 154 g/mol. The molecule has 0 aliphatic rings. The van der Waals surface area contributed by atoms with Gasteiger partial charge in [-0.05, 0) is 26.3 Å². The lowest BCUT2D eigenvalue weighted by Crippen LogP contribution is -1.78. The van der Waals surface area contributed by atoms with Gasteiger partial charge in [-0.15, -0.1) is 0 Å². The lowest BCUT2D eigenvalue weighted by molar-refractivity contribution is 0.549. The molecule has 0 nitrogen and oxygen atoms in total. The zero-order valence-corrected chi connectivity index (χ0v) is 7.39. The average molecular weight is 154 g/mol. The third kappa shape index (κ3) is 4.54. The zero-order chi connectivity index (χ0) is 8.69. The van der Waals surface area contributed by atoms with E-state index in [0.29, 0.717) is 0 Å². The minimum atomic E-state index is -0.385. The Labute approximate surface area is 68.1 Å². The summed E-state index contributed by atoms with van der Waals surface area (Å²) < 4.78 is 12.1. The van der Waals surface area contributed by atoms with Gasteiger partial charge in [0.1, 0.15) is 6.67 Å². The predicted octanol–water partition coefficient (Wildman–Crippen LogP) is 3.42. The highest BCUT2D eigenvalue weighted by Crippen LogP contribution is 2.01. The number of alkyl halides is 1. The fourth-order valence-electron chi connectivity index (χ4n) is 0.553. The zero-order valence-electron chi connectivity index (χ0n) is 7.39. The summed E-state index contributed by atoms with van der Waals surface area (Å²) in [7, 11) is 0. The highest BCUT2D eigenvalue weighted by atomic mass is 19.1. The molecular formula is C10H15F. The lowest BCUT2D eigenvalue weighted by Gasteiger charge is -1.92. The van der Waals surface area contributed by atoms with Gasteiger partial charge in [0.15, 0.2) is 0 Å². The van der Waals surface area contributed by atoms with Gasteiger partial charge in [0.2, 0.25) is 0 Å².